The van der Waals surface area contributed by atoms with Gasteiger partial charge in [-0.2, -0.15) is 5.26 Å². The van der Waals surface area contributed by atoms with Crippen molar-refractivity contribution in [1.82, 2.24) is 0 Å². The maximum Gasteiger partial charge on any atom is 0.289 e. The quantitative estimate of drug-likeness (QED) is 0.582. The molecule has 1 heterocycles. The highest BCUT2D eigenvalue weighted by Gasteiger charge is 2.26. The fourth-order valence-electron chi connectivity index (χ4n) is 1.63. The Labute approximate surface area is 91.5 Å². The van der Waals surface area contributed by atoms with Crippen LogP contribution < -0.4 is 4.90 Å². The van der Waals surface area contributed by atoms with Crippen LogP contribution in [0.15, 0.2) is 18.2 Å². The fraction of sp³-hybridized carbons (Fsp3) is 0.300. The van der Waals surface area contributed by atoms with E-state index in [1.807, 2.05) is 4.90 Å². The van der Waals surface area contributed by atoms with Gasteiger partial charge in [0.2, 0.25) is 0 Å². The van der Waals surface area contributed by atoms with Gasteiger partial charge in [0, 0.05) is 24.8 Å². The molecule has 0 saturated carbocycles. The molecule has 0 atom stereocenters. The summed E-state index contributed by atoms with van der Waals surface area (Å²) in [7, 11) is 0. The molecule has 1 aliphatic heterocycles. The third kappa shape index (κ3) is 1.68. The van der Waals surface area contributed by atoms with Gasteiger partial charge in [-0.3, -0.25) is 10.1 Å². The van der Waals surface area contributed by atoms with Crippen molar-refractivity contribution < 1.29 is 10.0 Å². The summed E-state index contributed by atoms with van der Waals surface area (Å²) in [5.41, 5.74) is 0.521. The van der Waals surface area contributed by atoms with E-state index in [0.717, 1.165) is 0 Å². The summed E-state index contributed by atoms with van der Waals surface area (Å²) in [6.07, 6.45) is -0.366. The topological polar surface area (TPSA) is 90.4 Å². The molecule has 6 nitrogen and oxygen atoms in total. The Morgan fingerprint density at radius 3 is 2.75 bits per heavy atom. The summed E-state index contributed by atoms with van der Waals surface area (Å²) < 4.78 is 0. The summed E-state index contributed by atoms with van der Waals surface area (Å²) in [6, 6.07) is 6.22. The molecule has 6 heteroatoms. The summed E-state index contributed by atoms with van der Waals surface area (Å²) in [6.45, 7) is 0.951. The Hall–Kier alpha value is -2.13. The van der Waals surface area contributed by atoms with Gasteiger partial charge < -0.3 is 10.0 Å². The minimum absolute atomic E-state index is 0.0508. The predicted molar refractivity (Wildman–Crippen MR) is 56.0 cm³/mol. The van der Waals surface area contributed by atoms with E-state index < -0.39 is 4.92 Å². The first-order chi connectivity index (χ1) is 7.61. The smallest absolute Gasteiger partial charge is 0.289 e. The molecule has 1 saturated heterocycles. The van der Waals surface area contributed by atoms with E-state index in [0.29, 0.717) is 18.8 Å². The number of anilines is 1. The molecule has 0 bridgehead atoms. The lowest BCUT2D eigenvalue weighted by atomic mass is 10.1. The number of aliphatic hydroxyl groups is 1. The zero-order valence-corrected chi connectivity index (χ0v) is 8.33. The van der Waals surface area contributed by atoms with Crippen LogP contribution in [-0.2, 0) is 0 Å². The van der Waals surface area contributed by atoms with Crippen molar-refractivity contribution in [3.63, 3.8) is 0 Å². The highest BCUT2D eigenvalue weighted by molar-refractivity contribution is 5.61. The second-order valence-corrected chi connectivity index (χ2v) is 3.63. The van der Waals surface area contributed by atoms with Gasteiger partial charge in [-0.25, -0.2) is 0 Å². The van der Waals surface area contributed by atoms with Crippen molar-refractivity contribution in [2.24, 2.45) is 0 Å². The van der Waals surface area contributed by atoms with Crippen LogP contribution in [-0.4, -0.2) is 29.2 Å². The lowest BCUT2D eigenvalue weighted by Crippen LogP contribution is -2.50. The minimum atomic E-state index is -0.571. The first-order valence-electron chi connectivity index (χ1n) is 4.73. The number of nitro groups is 1. The van der Waals surface area contributed by atoms with E-state index >= 15 is 0 Å². The Balaban J connectivity index is 2.33. The first-order valence-corrected chi connectivity index (χ1v) is 4.73. The SMILES string of the molecule is N#Cc1ccc(N2CC(O)C2)cc1[N+](=O)[O-]. The van der Waals surface area contributed by atoms with Crippen LogP contribution in [0.5, 0.6) is 0 Å². The summed E-state index contributed by atoms with van der Waals surface area (Å²) in [5, 5.41) is 28.5. The number of hydrogen-bond acceptors (Lipinski definition) is 5. The monoisotopic (exact) mass is 219 g/mol. The van der Waals surface area contributed by atoms with Crippen LogP contribution in [0.4, 0.5) is 11.4 Å². The molecule has 0 radical (unpaired) electrons. The van der Waals surface area contributed by atoms with Gasteiger partial charge in [0.15, 0.2) is 0 Å². The van der Waals surface area contributed by atoms with Gasteiger partial charge in [0.05, 0.1) is 11.0 Å². The Morgan fingerprint density at radius 2 is 2.25 bits per heavy atom. The Morgan fingerprint density at radius 1 is 1.56 bits per heavy atom. The molecule has 0 aliphatic carbocycles. The molecule has 1 N–H and O–H groups in total. The predicted octanol–water partition coefficient (Wildman–Crippen LogP) is 0.647. The van der Waals surface area contributed by atoms with E-state index in [9.17, 15) is 10.1 Å². The third-order valence-electron chi connectivity index (χ3n) is 2.53. The Bertz CT molecular complexity index is 475. The largest absolute Gasteiger partial charge is 0.389 e. The second kappa shape index (κ2) is 3.79. The fourth-order valence-corrected chi connectivity index (χ4v) is 1.63. The number of benzene rings is 1. The maximum atomic E-state index is 10.7. The maximum absolute atomic E-state index is 10.7. The van der Waals surface area contributed by atoms with E-state index in [1.165, 1.54) is 12.1 Å². The highest BCUT2D eigenvalue weighted by atomic mass is 16.6. The summed E-state index contributed by atoms with van der Waals surface area (Å²) in [4.78, 5) is 12.0. The van der Waals surface area contributed by atoms with E-state index in [2.05, 4.69) is 0 Å². The molecule has 2 rings (SSSR count). The molecular formula is C10H9N3O3. The van der Waals surface area contributed by atoms with Crippen molar-refractivity contribution in [3.05, 3.63) is 33.9 Å². The minimum Gasteiger partial charge on any atom is -0.389 e. The molecule has 1 aliphatic rings. The van der Waals surface area contributed by atoms with Crippen LogP contribution in [0.1, 0.15) is 5.56 Å². The molecule has 1 aromatic rings. The van der Waals surface area contributed by atoms with Crippen molar-refractivity contribution in [1.29, 1.82) is 5.26 Å². The van der Waals surface area contributed by atoms with Gasteiger partial charge >= 0.3 is 0 Å². The van der Waals surface area contributed by atoms with E-state index in [4.69, 9.17) is 10.4 Å². The molecule has 82 valence electrons. The number of β-amino-alcohol motifs (C(OH)–C–C–N with tert-alkyl or cyclic N) is 1. The molecule has 0 unspecified atom stereocenters. The molecule has 1 fully saturated rings. The molecule has 0 aromatic heterocycles. The van der Waals surface area contributed by atoms with Gasteiger partial charge in [-0.15, -0.1) is 0 Å². The molecule has 1 aromatic carbocycles. The normalized spacial score (nSPS) is 15.4. The number of aliphatic hydroxyl groups excluding tert-OH is 1. The van der Waals surface area contributed by atoms with Crippen LogP contribution in [0, 0.1) is 21.4 Å². The number of nitrogens with zero attached hydrogens (tertiary/aromatic N) is 3. The first kappa shape index (κ1) is 10.4. The lowest BCUT2D eigenvalue weighted by Gasteiger charge is -2.37. The molecular weight excluding hydrogens is 210 g/mol. The van der Waals surface area contributed by atoms with E-state index in [-0.39, 0.29) is 17.4 Å². The van der Waals surface area contributed by atoms with Gasteiger partial charge in [0.25, 0.3) is 5.69 Å². The average Bonchev–Trinajstić information content (AvgIpc) is 2.24. The number of rotatable bonds is 2. The number of nitriles is 1. The third-order valence-corrected chi connectivity index (χ3v) is 2.53. The standard InChI is InChI=1S/C10H9N3O3/c11-4-7-1-2-8(3-10(7)13(15)16)12-5-9(14)6-12/h1-3,9,14H,5-6H2. The van der Waals surface area contributed by atoms with E-state index in [1.54, 1.807) is 12.1 Å². The van der Waals surface area contributed by atoms with Crippen molar-refractivity contribution in [2.75, 3.05) is 18.0 Å². The molecule has 0 amide bonds. The van der Waals surface area contributed by atoms with Crippen molar-refractivity contribution in [2.45, 2.75) is 6.10 Å². The Kier molecular flexibility index (Phi) is 2.46. The lowest BCUT2D eigenvalue weighted by molar-refractivity contribution is -0.385. The number of nitro benzene ring substituents is 1. The second-order valence-electron chi connectivity index (χ2n) is 3.63. The highest BCUT2D eigenvalue weighted by Crippen LogP contribution is 2.27. The summed E-state index contributed by atoms with van der Waals surface area (Å²) >= 11 is 0. The van der Waals surface area contributed by atoms with Crippen LogP contribution in [0.2, 0.25) is 0 Å². The average molecular weight is 219 g/mol. The zero-order chi connectivity index (χ0) is 11.7. The van der Waals surface area contributed by atoms with Crippen molar-refractivity contribution >= 4 is 11.4 Å². The van der Waals surface area contributed by atoms with Crippen LogP contribution in [0.25, 0.3) is 0 Å². The summed E-state index contributed by atoms with van der Waals surface area (Å²) in [5.74, 6) is 0. The van der Waals surface area contributed by atoms with Crippen LogP contribution in [0.3, 0.4) is 0 Å². The zero-order valence-electron chi connectivity index (χ0n) is 8.33. The van der Waals surface area contributed by atoms with Gasteiger partial charge in [-0.1, -0.05) is 0 Å². The molecule has 16 heavy (non-hydrogen) atoms. The van der Waals surface area contributed by atoms with Gasteiger partial charge in [-0.05, 0) is 12.1 Å². The van der Waals surface area contributed by atoms with Crippen LogP contribution >= 0.6 is 0 Å². The number of hydrogen-bond donors (Lipinski definition) is 1. The van der Waals surface area contributed by atoms with Gasteiger partial charge in [0.1, 0.15) is 11.6 Å². The van der Waals surface area contributed by atoms with Crippen molar-refractivity contribution in [3.8, 4) is 6.07 Å². The molecule has 0 spiro atoms.